The molecule has 1 heterocycles. The smallest absolute Gasteiger partial charge is 0.161 e. The lowest BCUT2D eigenvalue weighted by molar-refractivity contribution is 0.226. The maximum atomic E-state index is 8.05. The molecule has 2 aliphatic rings. The Balaban J connectivity index is 2.03. The Kier molecular flexibility index (Phi) is 3.66. The number of benzene rings is 1. The molecular formula is C17H24N2O2. The van der Waals surface area contributed by atoms with Crippen LogP contribution in [0.3, 0.4) is 0 Å². The van der Waals surface area contributed by atoms with Crippen LogP contribution in [0.4, 0.5) is 0 Å². The van der Waals surface area contributed by atoms with E-state index in [9.17, 15) is 0 Å². The van der Waals surface area contributed by atoms with Crippen molar-refractivity contribution >= 4 is 5.71 Å². The highest BCUT2D eigenvalue weighted by Crippen LogP contribution is 2.49. The molecule has 4 heteroatoms. The number of rotatable bonds is 3. The molecule has 4 nitrogen and oxygen atoms in total. The van der Waals surface area contributed by atoms with Gasteiger partial charge in [0.15, 0.2) is 11.5 Å². The number of nitrogens with zero attached hydrogens (tertiary/aromatic N) is 1. The second-order valence-corrected chi connectivity index (χ2v) is 6.28. The van der Waals surface area contributed by atoms with Gasteiger partial charge in [0.05, 0.1) is 14.2 Å². The molecule has 21 heavy (non-hydrogen) atoms. The number of hydrogen-bond donors (Lipinski definition) is 1. The normalized spacial score (nSPS) is 29.3. The zero-order valence-electron chi connectivity index (χ0n) is 13.1. The molecule has 2 atom stereocenters. The van der Waals surface area contributed by atoms with E-state index in [0.29, 0.717) is 6.04 Å². The number of fused-ring (bicyclic) bond motifs is 1. The van der Waals surface area contributed by atoms with E-state index in [1.807, 2.05) is 6.07 Å². The van der Waals surface area contributed by atoms with Gasteiger partial charge in [-0.1, -0.05) is 6.07 Å². The van der Waals surface area contributed by atoms with Crippen LogP contribution in [0, 0.1) is 5.41 Å². The molecule has 1 saturated carbocycles. The molecule has 3 rings (SSSR count). The first-order valence-electron chi connectivity index (χ1n) is 7.60. The number of nitrogens with one attached hydrogen (secondary N) is 1. The third-order valence-corrected chi connectivity index (χ3v) is 5.35. The van der Waals surface area contributed by atoms with Crippen molar-refractivity contribution in [1.82, 2.24) is 4.90 Å². The number of hydrogen-bond acceptors (Lipinski definition) is 4. The minimum atomic E-state index is 0.166. The van der Waals surface area contributed by atoms with E-state index in [4.69, 9.17) is 14.9 Å². The summed E-state index contributed by atoms with van der Waals surface area (Å²) in [6.45, 7) is 1.10. The monoisotopic (exact) mass is 288 g/mol. The van der Waals surface area contributed by atoms with Gasteiger partial charge in [0.1, 0.15) is 0 Å². The van der Waals surface area contributed by atoms with Gasteiger partial charge in [-0.25, -0.2) is 0 Å². The molecule has 2 fully saturated rings. The first-order chi connectivity index (χ1) is 10.1. The topological polar surface area (TPSA) is 45.5 Å². The molecule has 0 aromatic heterocycles. The third kappa shape index (κ3) is 2.22. The second-order valence-electron chi connectivity index (χ2n) is 6.28. The van der Waals surface area contributed by atoms with E-state index in [1.165, 1.54) is 5.56 Å². The van der Waals surface area contributed by atoms with E-state index in [1.54, 1.807) is 14.2 Å². The summed E-state index contributed by atoms with van der Waals surface area (Å²) in [6.07, 6.45) is 4.04. The molecule has 1 unspecified atom stereocenters. The van der Waals surface area contributed by atoms with Gasteiger partial charge < -0.3 is 19.8 Å². The number of methoxy groups -OCH3 is 2. The Morgan fingerprint density at radius 2 is 1.95 bits per heavy atom. The fourth-order valence-corrected chi connectivity index (χ4v) is 4.10. The lowest BCUT2D eigenvalue weighted by Crippen LogP contribution is -2.46. The molecule has 0 amide bonds. The van der Waals surface area contributed by atoms with Crippen LogP contribution in [0.25, 0.3) is 0 Å². The van der Waals surface area contributed by atoms with Crippen LogP contribution < -0.4 is 9.47 Å². The summed E-state index contributed by atoms with van der Waals surface area (Å²) in [5.41, 5.74) is 2.39. The lowest BCUT2D eigenvalue weighted by Gasteiger charge is -2.42. The Morgan fingerprint density at radius 3 is 2.67 bits per heavy atom. The van der Waals surface area contributed by atoms with Crippen molar-refractivity contribution in [2.75, 3.05) is 27.8 Å². The number of ether oxygens (including phenoxy) is 2. The summed E-state index contributed by atoms with van der Waals surface area (Å²) in [7, 11) is 5.55. The van der Waals surface area contributed by atoms with Crippen LogP contribution in [0.1, 0.15) is 31.2 Å². The first-order valence-corrected chi connectivity index (χ1v) is 7.60. The number of likely N-dealkylation sites (N-methyl/N-ethyl adjacent to an activating group) is 1. The standard InChI is InChI=1S/C17H24N2O2/c1-19-9-8-17(7-6-13(18)11-16(17)19)12-4-5-14(20-2)15(10-12)21-3/h4-5,10,16,18H,6-9,11H2,1-3H3/t16?,17-/m0/s1. The van der Waals surface area contributed by atoms with Gasteiger partial charge in [0.2, 0.25) is 0 Å². The molecule has 114 valence electrons. The average Bonchev–Trinajstić information content (AvgIpc) is 2.85. The van der Waals surface area contributed by atoms with Crippen molar-refractivity contribution in [2.45, 2.75) is 37.1 Å². The minimum Gasteiger partial charge on any atom is -0.493 e. The molecular weight excluding hydrogens is 264 g/mol. The van der Waals surface area contributed by atoms with Crippen molar-refractivity contribution in [3.8, 4) is 11.5 Å². The van der Waals surface area contributed by atoms with Crippen molar-refractivity contribution in [3.63, 3.8) is 0 Å². The summed E-state index contributed by atoms with van der Waals surface area (Å²) < 4.78 is 10.8. The van der Waals surface area contributed by atoms with E-state index >= 15 is 0 Å². The fourth-order valence-electron chi connectivity index (χ4n) is 4.10. The number of likely N-dealkylation sites (tertiary alicyclic amines) is 1. The molecule has 1 aromatic rings. The van der Waals surface area contributed by atoms with Crippen molar-refractivity contribution in [1.29, 1.82) is 5.41 Å². The quantitative estimate of drug-likeness (QED) is 0.930. The van der Waals surface area contributed by atoms with Gasteiger partial charge in [-0.3, -0.25) is 0 Å². The van der Waals surface area contributed by atoms with Crippen LogP contribution in [0.5, 0.6) is 11.5 Å². The van der Waals surface area contributed by atoms with Gasteiger partial charge in [-0.05, 0) is 50.6 Å². The van der Waals surface area contributed by atoms with Crippen LogP contribution in [-0.4, -0.2) is 44.5 Å². The van der Waals surface area contributed by atoms with E-state index < -0.39 is 0 Å². The predicted octanol–water partition coefficient (Wildman–Crippen LogP) is 2.85. The summed E-state index contributed by atoms with van der Waals surface area (Å²) in [5, 5.41) is 8.05. The van der Waals surface area contributed by atoms with Crippen molar-refractivity contribution in [3.05, 3.63) is 23.8 Å². The van der Waals surface area contributed by atoms with E-state index in [2.05, 4.69) is 24.1 Å². The average molecular weight is 288 g/mol. The molecule has 1 N–H and O–H groups in total. The highest BCUT2D eigenvalue weighted by molar-refractivity contribution is 5.83. The molecule has 0 bridgehead atoms. The molecule has 0 spiro atoms. The SMILES string of the molecule is COc1ccc([C@@]23CCC(=N)CC2N(C)CC3)cc1OC. The maximum Gasteiger partial charge on any atom is 0.161 e. The van der Waals surface area contributed by atoms with Crippen molar-refractivity contribution in [2.24, 2.45) is 0 Å². The minimum absolute atomic E-state index is 0.166. The summed E-state index contributed by atoms with van der Waals surface area (Å²) in [4.78, 5) is 2.42. The van der Waals surface area contributed by atoms with Crippen LogP contribution in [0.2, 0.25) is 0 Å². The second kappa shape index (κ2) is 5.34. The van der Waals surface area contributed by atoms with E-state index in [-0.39, 0.29) is 5.41 Å². The third-order valence-electron chi connectivity index (χ3n) is 5.35. The fraction of sp³-hybridized carbons (Fsp3) is 0.588. The predicted molar refractivity (Wildman–Crippen MR) is 83.8 cm³/mol. The van der Waals surface area contributed by atoms with Gasteiger partial charge in [0, 0.05) is 23.6 Å². The summed E-state index contributed by atoms with van der Waals surface area (Å²) in [5.74, 6) is 1.59. The highest BCUT2D eigenvalue weighted by atomic mass is 16.5. The Morgan fingerprint density at radius 1 is 1.19 bits per heavy atom. The molecule has 0 radical (unpaired) electrons. The Hall–Kier alpha value is -1.55. The zero-order chi connectivity index (χ0) is 15.0. The van der Waals surface area contributed by atoms with Gasteiger partial charge in [0.25, 0.3) is 0 Å². The van der Waals surface area contributed by atoms with Crippen LogP contribution in [-0.2, 0) is 5.41 Å². The molecule has 1 aromatic carbocycles. The largest absolute Gasteiger partial charge is 0.493 e. The first kappa shape index (κ1) is 14.4. The Bertz CT molecular complexity index is 558. The van der Waals surface area contributed by atoms with Gasteiger partial charge in [-0.15, -0.1) is 0 Å². The maximum absolute atomic E-state index is 8.05. The zero-order valence-corrected chi connectivity index (χ0v) is 13.1. The highest BCUT2D eigenvalue weighted by Gasteiger charge is 2.49. The van der Waals surface area contributed by atoms with Gasteiger partial charge >= 0.3 is 0 Å². The molecule has 1 aliphatic carbocycles. The van der Waals surface area contributed by atoms with Gasteiger partial charge in [-0.2, -0.15) is 0 Å². The lowest BCUT2D eigenvalue weighted by atomic mass is 9.65. The summed E-state index contributed by atoms with van der Waals surface area (Å²) in [6, 6.07) is 6.78. The summed E-state index contributed by atoms with van der Waals surface area (Å²) >= 11 is 0. The molecule has 1 saturated heterocycles. The Labute approximate surface area is 126 Å². The molecule has 1 aliphatic heterocycles. The van der Waals surface area contributed by atoms with Crippen LogP contribution in [0.15, 0.2) is 18.2 Å². The van der Waals surface area contributed by atoms with Crippen LogP contribution >= 0.6 is 0 Å². The van der Waals surface area contributed by atoms with Crippen molar-refractivity contribution < 1.29 is 9.47 Å². The van der Waals surface area contributed by atoms with E-state index in [0.717, 1.165) is 49.4 Å².